The monoisotopic (exact) mass is 740 g/mol. The van der Waals surface area contributed by atoms with E-state index in [0.29, 0.717) is 17.5 Å². The minimum absolute atomic E-state index is 0.189. The van der Waals surface area contributed by atoms with Crippen molar-refractivity contribution in [3.8, 4) is 51.0 Å². The van der Waals surface area contributed by atoms with E-state index in [1.54, 1.807) is 0 Å². The fourth-order valence-electron chi connectivity index (χ4n) is 9.74. The Morgan fingerprint density at radius 3 is 1.69 bits per heavy atom. The van der Waals surface area contributed by atoms with Crippen molar-refractivity contribution >= 4 is 54.1 Å². The Bertz CT molecular complexity index is 3410. The van der Waals surface area contributed by atoms with Gasteiger partial charge in [-0.2, -0.15) is 0 Å². The molecule has 0 unspecified atom stereocenters. The third kappa shape index (κ3) is 4.72. The molecular weight excluding hydrogens is 705 g/mol. The summed E-state index contributed by atoms with van der Waals surface area (Å²) in [5.41, 5.74) is 11.6. The van der Waals surface area contributed by atoms with Gasteiger partial charge in [0.05, 0.1) is 16.7 Å². The van der Waals surface area contributed by atoms with E-state index in [4.69, 9.17) is 15.0 Å². The topological polar surface area (TPSA) is 43.6 Å². The van der Waals surface area contributed by atoms with Crippen LogP contribution < -0.4 is 0 Å². The molecule has 9 aromatic carbocycles. The van der Waals surface area contributed by atoms with Gasteiger partial charge < -0.3 is 4.57 Å². The Balaban J connectivity index is 1.15. The third-order valence-corrected chi connectivity index (χ3v) is 12.4. The lowest BCUT2D eigenvalue weighted by molar-refractivity contribution is 0.667. The maximum absolute atomic E-state index is 5.19. The van der Waals surface area contributed by atoms with Crippen molar-refractivity contribution in [2.75, 3.05) is 0 Å². The number of aromatic nitrogens is 4. The molecule has 11 aromatic rings. The summed E-state index contributed by atoms with van der Waals surface area (Å²) in [6.45, 7) is 4.78. The lowest BCUT2D eigenvalue weighted by Gasteiger charge is -2.23. The summed E-state index contributed by atoms with van der Waals surface area (Å²) < 4.78 is 2.50. The van der Waals surface area contributed by atoms with Gasteiger partial charge in [-0.1, -0.05) is 166 Å². The standard InChI is InChI=1S/C54H36N4/c1-54(2)45-32-48-44(31-43(45)41-28-26-34-16-10-12-22-38(34)50(41)54)39-23-13-14-24-46(39)58(48)47-30-29-42(40-27-25-33-15-9-11-21-37(33)49(40)47)53-56-51(35-17-5-3-6-18-35)55-52(57-53)36-19-7-4-8-20-36/h3-32H,1-2H3. The Hall–Kier alpha value is -7.43. The van der Waals surface area contributed by atoms with Crippen LogP contribution in [0.5, 0.6) is 0 Å². The van der Waals surface area contributed by atoms with Crippen LogP contribution in [0.15, 0.2) is 182 Å². The van der Waals surface area contributed by atoms with E-state index in [1.165, 1.54) is 65.6 Å². The molecular formula is C54H36N4. The average Bonchev–Trinajstić information content (AvgIpc) is 3.73. The first-order valence-electron chi connectivity index (χ1n) is 20.0. The second-order valence-corrected chi connectivity index (χ2v) is 16.0. The lowest BCUT2D eigenvalue weighted by Crippen LogP contribution is -2.15. The van der Waals surface area contributed by atoms with Gasteiger partial charge in [-0.05, 0) is 79.5 Å². The molecule has 0 spiro atoms. The first kappa shape index (κ1) is 32.8. The van der Waals surface area contributed by atoms with Crippen molar-refractivity contribution in [3.63, 3.8) is 0 Å². The molecule has 0 radical (unpaired) electrons. The van der Waals surface area contributed by atoms with Crippen molar-refractivity contribution in [1.29, 1.82) is 0 Å². The van der Waals surface area contributed by atoms with Crippen LogP contribution >= 0.6 is 0 Å². The van der Waals surface area contributed by atoms with Crippen LogP contribution in [-0.4, -0.2) is 19.5 Å². The zero-order chi connectivity index (χ0) is 38.5. The molecule has 0 saturated carbocycles. The fraction of sp³-hybridized carbons (Fsp3) is 0.0556. The molecule has 1 aliphatic rings. The molecule has 4 heteroatoms. The maximum Gasteiger partial charge on any atom is 0.164 e. The number of benzene rings is 9. The smallest absolute Gasteiger partial charge is 0.164 e. The quantitative estimate of drug-likeness (QED) is 0.169. The van der Waals surface area contributed by atoms with Crippen LogP contribution in [0.2, 0.25) is 0 Å². The summed E-state index contributed by atoms with van der Waals surface area (Å²) in [5.74, 6) is 1.94. The summed E-state index contributed by atoms with van der Waals surface area (Å²) in [6, 6.07) is 65.3. The lowest BCUT2D eigenvalue weighted by atomic mass is 9.80. The Labute approximate surface area is 335 Å². The molecule has 4 nitrogen and oxygen atoms in total. The summed E-state index contributed by atoms with van der Waals surface area (Å²) in [5, 5.41) is 9.72. The summed E-state index contributed by atoms with van der Waals surface area (Å²) in [4.78, 5) is 15.4. The van der Waals surface area contributed by atoms with Crippen molar-refractivity contribution in [3.05, 3.63) is 193 Å². The van der Waals surface area contributed by atoms with Gasteiger partial charge in [0.15, 0.2) is 17.5 Å². The van der Waals surface area contributed by atoms with Gasteiger partial charge in [-0.25, -0.2) is 15.0 Å². The molecule has 0 amide bonds. The van der Waals surface area contributed by atoms with Crippen molar-refractivity contribution in [2.24, 2.45) is 0 Å². The van der Waals surface area contributed by atoms with E-state index in [1.807, 2.05) is 36.4 Å². The molecule has 12 rings (SSSR count). The number of rotatable bonds is 4. The minimum atomic E-state index is -0.189. The van der Waals surface area contributed by atoms with E-state index in [2.05, 4.69) is 164 Å². The van der Waals surface area contributed by atoms with Crippen LogP contribution in [0.4, 0.5) is 0 Å². The Morgan fingerprint density at radius 2 is 0.966 bits per heavy atom. The summed E-state index contributed by atoms with van der Waals surface area (Å²) in [7, 11) is 0. The highest BCUT2D eigenvalue weighted by Crippen LogP contribution is 2.53. The predicted molar refractivity (Wildman–Crippen MR) is 241 cm³/mol. The zero-order valence-electron chi connectivity index (χ0n) is 32.1. The SMILES string of the molecule is CC1(C)c2cc3c(cc2-c2ccc4ccccc4c21)c1ccccc1n3-c1ccc(-c2nc(-c3ccccc3)nc(-c3ccccc3)n2)c2ccc3ccccc3c12. The van der Waals surface area contributed by atoms with Crippen LogP contribution in [0, 0.1) is 0 Å². The molecule has 0 aliphatic heterocycles. The first-order valence-corrected chi connectivity index (χ1v) is 20.0. The van der Waals surface area contributed by atoms with Crippen molar-refractivity contribution < 1.29 is 0 Å². The highest BCUT2D eigenvalue weighted by Gasteiger charge is 2.38. The van der Waals surface area contributed by atoms with Crippen LogP contribution in [0.1, 0.15) is 25.0 Å². The molecule has 58 heavy (non-hydrogen) atoms. The van der Waals surface area contributed by atoms with E-state index in [0.717, 1.165) is 33.2 Å². The second kappa shape index (κ2) is 12.3. The number of para-hydroxylation sites is 1. The number of hydrogen-bond donors (Lipinski definition) is 0. The van der Waals surface area contributed by atoms with Crippen LogP contribution in [0.3, 0.4) is 0 Å². The van der Waals surface area contributed by atoms with Gasteiger partial charge in [0.1, 0.15) is 0 Å². The predicted octanol–water partition coefficient (Wildman–Crippen LogP) is 13.7. The fourth-order valence-corrected chi connectivity index (χ4v) is 9.74. The van der Waals surface area contributed by atoms with Crippen LogP contribution in [-0.2, 0) is 5.41 Å². The molecule has 1 aliphatic carbocycles. The van der Waals surface area contributed by atoms with Crippen molar-refractivity contribution in [2.45, 2.75) is 19.3 Å². The first-order chi connectivity index (χ1) is 28.5. The molecule has 2 aromatic heterocycles. The summed E-state index contributed by atoms with van der Waals surface area (Å²) in [6.07, 6.45) is 0. The molecule has 0 bridgehead atoms. The van der Waals surface area contributed by atoms with Crippen molar-refractivity contribution in [1.82, 2.24) is 19.5 Å². The molecule has 0 atom stereocenters. The Morgan fingerprint density at radius 1 is 0.397 bits per heavy atom. The van der Waals surface area contributed by atoms with E-state index >= 15 is 0 Å². The number of nitrogens with zero attached hydrogens (tertiary/aromatic N) is 4. The van der Waals surface area contributed by atoms with Gasteiger partial charge >= 0.3 is 0 Å². The Kier molecular flexibility index (Phi) is 6.94. The van der Waals surface area contributed by atoms with Gasteiger partial charge in [-0.15, -0.1) is 0 Å². The summed E-state index contributed by atoms with van der Waals surface area (Å²) >= 11 is 0. The third-order valence-electron chi connectivity index (χ3n) is 12.4. The molecule has 0 fully saturated rings. The van der Waals surface area contributed by atoms with Gasteiger partial charge in [0.25, 0.3) is 0 Å². The molecule has 2 heterocycles. The van der Waals surface area contributed by atoms with Gasteiger partial charge in [0.2, 0.25) is 0 Å². The van der Waals surface area contributed by atoms with Gasteiger partial charge in [0, 0.05) is 38.3 Å². The van der Waals surface area contributed by atoms with Crippen LogP contribution in [0.25, 0.3) is 105 Å². The second-order valence-electron chi connectivity index (χ2n) is 16.0. The minimum Gasteiger partial charge on any atom is -0.309 e. The van der Waals surface area contributed by atoms with E-state index in [-0.39, 0.29) is 5.41 Å². The highest BCUT2D eigenvalue weighted by atomic mass is 15.0. The zero-order valence-corrected chi connectivity index (χ0v) is 32.1. The number of fused-ring (bicyclic) bond motifs is 11. The van der Waals surface area contributed by atoms with Gasteiger partial charge in [-0.3, -0.25) is 0 Å². The molecule has 272 valence electrons. The average molecular weight is 741 g/mol. The molecule has 0 saturated heterocycles. The highest BCUT2D eigenvalue weighted by molar-refractivity contribution is 6.19. The van der Waals surface area contributed by atoms with E-state index in [9.17, 15) is 0 Å². The maximum atomic E-state index is 5.19. The van der Waals surface area contributed by atoms with E-state index < -0.39 is 0 Å². The number of hydrogen-bond acceptors (Lipinski definition) is 3. The largest absolute Gasteiger partial charge is 0.309 e. The normalized spacial score (nSPS) is 13.1. The molecule has 0 N–H and O–H groups in total.